The van der Waals surface area contributed by atoms with Crippen molar-refractivity contribution in [1.82, 2.24) is 9.38 Å². The second-order valence-electron chi connectivity index (χ2n) is 7.30. The third kappa shape index (κ3) is 4.15. The summed E-state index contributed by atoms with van der Waals surface area (Å²) in [6, 6.07) is 13.4. The van der Waals surface area contributed by atoms with Crippen LogP contribution in [0.2, 0.25) is 5.02 Å². The summed E-state index contributed by atoms with van der Waals surface area (Å²) in [5.74, 6) is -1.09. The first-order valence-electron chi connectivity index (χ1n) is 9.72. The van der Waals surface area contributed by atoms with Gasteiger partial charge in [0.25, 0.3) is 17.4 Å². The molecular formula is C23H19ClN4O3S. The van der Waals surface area contributed by atoms with Crippen LogP contribution in [0.5, 0.6) is 0 Å². The van der Waals surface area contributed by atoms with Crippen LogP contribution < -0.4 is 16.2 Å². The molecule has 0 aliphatic carbocycles. The predicted molar refractivity (Wildman–Crippen MR) is 127 cm³/mol. The number of carbonyl (C=O) groups is 2. The minimum Gasteiger partial charge on any atom is -0.321 e. The van der Waals surface area contributed by atoms with Gasteiger partial charge in [-0.1, -0.05) is 35.1 Å². The molecule has 0 unspecified atom stereocenters. The maximum atomic E-state index is 13.2. The Morgan fingerprint density at radius 3 is 2.44 bits per heavy atom. The van der Waals surface area contributed by atoms with Crippen LogP contribution in [-0.4, -0.2) is 21.2 Å². The first-order chi connectivity index (χ1) is 15.2. The lowest BCUT2D eigenvalue weighted by Crippen LogP contribution is -2.25. The topological polar surface area (TPSA) is 92.6 Å². The molecular weight excluding hydrogens is 448 g/mol. The average Bonchev–Trinajstić information content (AvgIpc) is 3.13. The molecule has 0 spiro atoms. The minimum absolute atomic E-state index is 0.0692. The largest absolute Gasteiger partial charge is 0.321 e. The summed E-state index contributed by atoms with van der Waals surface area (Å²) in [5.41, 5.74) is 3.05. The Morgan fingerprint density at radius 1 is 1.00 bits per heavy atom. The smallest absolute Gasteiger partial charge is 0.274 e. The number of benzene rings is 2. The molecule has 4 aromatic rings. The number of amides is 2. The zero-order valence-corrected chi connectivity index (χ0v) is 19.1. The summed E-state index contributed by atoms with van der Waals surface area (Å²) in [5, 5.41) is 6.11. The van der Waals surface area contributed by atoms with Gasteiger partial charge in [0.15, 0.2) is 4.96 Å². The minimum atomic E-state index is -0.600. The lowest BCUT2D eigenvalue weighted by atomic mass is 10.1. The number of halogens is 1. The molecule has 0 atom stereocenters. The summed E-state index contributed by atoms with van der Waals surface area (Å²) in [7, 11) is 0. The van der Waals surface area contributed by atoms with Crippen molar-refractivity contribution in [3.05, 3.63) is 91.3 Å². The Kier molecular flexibility index (Phi) is 5.82. The molecule has 0 saturated heterocycles. The number of nitrogens with zero attached hydrogens (tertiary/aromatic N) is 2. The van der Waals surface area contributed by atoms with Crippen LogP contribution in [0.4, 0.5) is 11.4 Å². The van der Waals surface area contributed by atoms with Gasteiger partial charge in [0.05, 0.1) is 0 Å². The molecule has 2 amide bonds. The number of rotatable bonds is 4. The summed E-state index contributed by atoms with van der Waals surface area (Å²) < 4.78 is 1.17. The molecule has 4 rings (SSSR count). The van der Waals surface area contributed by atoms with Gasteiger partial charge in [-0.25, -0.2) is 9.38 Å². The van der Waals surface area contributed by atoms with Gasteiger partial charge in [-0.15, -0.1) is 0 Å². The van der Waals surface area contributed by atoms with Crippen molar-refractivity contribution in [3.63, 3.8) is 0 Å². The Balaban J connectivity index is 1.81. The molecule has 162 valence electrons. The lowest BCUT2D eigenvalue weighted by molar-refractivity contribution is 0.0989. The summed E-state index contributed by atoms with van der Waals surface area (Å²) in [4.78, 5) is 43.8. The molecule has 2 heterocycles. The van der Waals surface area contributed by atoms with Crippen molar-refractivity contribution in [1.29, 1.82) is 0 Å². The Labute approximate surface area is 192 Å². The van der Waals surface area contributed by atoms with Gasteiger partial charge < -0.3 is 10.6 Å². The first-order valence-corrected chi connectivity index (χ1v) is 10.9. The SMILES string of the molecule is Cc1cc(=O)n2c(C(=O)Nc3ccc(Cl)cc3)c(C(=O)Nc3cccc(C)c3C)sc2n1. The lowest BCUT2D eigenvalue weighted by Gasteiger charge is -2.11. The van der Waals surface area contributed by atoms with E-state index in [0.29, 0.717) is 22.1 Å². The van der Waals surface area contributed by atoms with E-state index in [2.05, 4.69) is 15.6 Å². The molecule has 32 heavy (non-hydrogen) atoms. The maximum Gasteiger partial charge on any atom is 0.274 e. The van der Waals surface area contributed by atoms with E-state index in [1.807, 2.05) is 26.0 Å². The molecule has 0 saturated carbocycles. The van der Waals surface area contributed by atoms with Crippen LogP contribution in [0, 0.1) is 20.8 Å². The Morgan fingerprint density at radius 2 is 1.72 bits per heavy atom. The molecule has 9 heteroatoms. The predicted octanol–water partition coefficient (Wildman–Crippen LogP) is 4.84. The number of hydrogen-bond acceptors (Lipinski definition) is 5. The number of aryl methyl sites for hydroxylation is 2. The van der Waals surface area contributed by atoms with E-state index in [1.165, 1.54) is 10.5 Å². The molecule has 0 radical (unpaired) electrons. The third-order valence-corrected chi connectivity index (χ3v) is 6.32. The van der Waals surface area contributed by atoms with Crippen LogP contribution in [-0.2, 0) is 0 Å². The van der Waals surface area contributed by atoms with Gasteiger partial charge in [-0.3, -0.25) is 14.4 Å². The normalized spacial score (nSPS) is 10.9. The fourth-order valence-electron chi connectivity index (χ4n) is 3.23. The van der Waals surface area contributed by atoms with Crippen molar-refractivity contribution in [2.45, 2.75) is 20.8 Å². The number of aromatic nitrogens is 2. The molecule has 2 aromatic carbocycles. The van der Waals surface area contributed by atoms with Crippen LogP contribution >= 0.6 is 22.9 Å². The number of nitrogens with one attached hydrogen (secondary N) is 2. The highest BCUT2D eigenvalue weighted by Gasteiger charge is 2.26. The van der Waals surface area contributed by atoms with Crippen LogP contribution in [0.1, 0.15) is 37.0 Å². The van der Waals surface area contributed by atoms with Crippen molar-refractivity contribution >= 4 is 51.1 Å². The third-order valence-electron chi connectivity index (χ3n) is 5.02. The number of thiazole rings is 1. The van der Waals surface area contributed by atoms with Crippen LogP contribution in [0.25, 0.3) is 4.96 Å². The highest BCUT2D eigenvalue weighted by atomic mass is 35.5. The second-order valence-corrected chi connectivity index (χ2v) is 8.71. The number of anilines is 2. The van der Waals surface area contributed by atoms with E-state index in [1.54, 1.807) is 37.3 Å². The quantitative estimate of drug-likeness (QED) is 0.450. The maximum absolute atomic E-state index is 13.2. The van der Waals surface area contributed by atoms with Gasteiger partial charge >= 0.3 is 0 Å². The zero-order chi connectivity index (χ0) is 23.0. The first kappa shape index (κ1) is 21.7. The van der Waals surface area contributed by atoms with E-state index in [9.17, 15) is 14.4 Å². The number of hydrogen-bond donors (Lipinski definition) is 2. The van der Waals surface area contributed by atoms with E-state index < -0.39 is 17.4 Å². The summed E-state index contributed by atoms with van der Waals surface area (Å²) >= 11 is 6.90. The molecule has 0 fully saturated rings. The van der Waals surface area contributed by atoms with Gasteiger partial charge in [-0.2, -0.15) is 0 Å². The molecule has 2 aromatic heterocycles. The second kappa shape index (κ2) is 8.57. The fraction of sp³-hybridized carbons (Fsp3) is 0.130. The zero-order valence-electron chi connectivity index (χ0n) is 17.5. The molecule has 2 N–H and O–H groups in total. The summed E-state index contributed by atoms with van der Waals surface area (Å²) in [6.45, 7) is 5.53. The standard InChI is InChI=1S/C23H19ClN4O3S/c1-12-5-4-6-17(14(12)3)27-22(31)20-19(21(30)26-16-9-7-15(24)8-10-16)28-18(29)11-13(2)25-23(28)32-20/h4-11H,1-3H3,(H,26,30)(H,27,31). The van der Waals surface area contributed by atoms with Crippen molar-refractivity contribution in [3.8, 4) is 0 Å². The summed E-state index contributed by atoms with van der Waals surface area (Å²) in [6.07, 6.45) is 0. The van der Waals surface area contributed by atoms with Crippen molar-refractivity contribution in [2.24, 2.45) is 0 Å². The van der Waals surface area contributed by atoms with Gasteiger partial charge in [0.1, 0.15) is 10.6 Å². The van der Waals surface area contributed by atoms with Gasteiger partial charge in [0, 0.05) is 28.2 Å². The monoisotopic (exact) mass is 466 g/mol. The fourth-order valence-corrected chi connectivity index (χ4v) is 4.43. The van der Waals surface area contributed by atoms with Crippen molar-refractivity contribution < 1.29 is 9.59 Å². The molecule has 7 nitrogen and oxygen atoms in total. The van der Waals surface area contributed by atoms with E-state index >= 15 is 0 Å². The average molecular weight is 467 g/mol. The molecule has 0 aliphatic rings. The molecule has 0 aliphatic heterocycles. The highest BCUT2D eigenvalue weighted by Crippen LogP contribution is 2.26. The highest BCUT2D eigenvalue weighted by molar-refractivity contribution is 7.19. The van der Waals surface area contributed by atoms with E-state index in [-0.39, 0.29) is 15.5 Å². The van der Waals surface area contributed by atoms with Crippen molar-refractivity contribution in [2.75, 3.05) is 10.6 Å². The van der Waals surface area contributed by atoms with Gasteiger partial charge in [-0.05, 0) is 62.2 Å². The number of fused-ring (bicyclic) bond motifs is 1. The molecule has 0 bridgehead atoms. The van der Waals surface area contributed by atoms with Gasteiger partial charge in [0.2, 0.25) is 0 Å². The van der Waals surface area contributed by atoms with E-state index in [0.717, 1.165) is 22.5 Å². The number of carbonyl (C=O) groups excluding carboxylic acids is 2. The Bertz CT molecular complexity index is 1420. The van der Waals surface area contributed by atoms with E-state index in [4.69, 9.17) is 11.6 Å². The Hall–Kier alpha value is -3.49. The van der Waals surface area contributed by atoms with Crippen LogP contribution in [0.3, 0.4) is 0 Å². The van der Waals surface area contributed by atoms with Crippen LogP contribution in [0.15, 0.2) is 53.3 Å².